The molecule has 0 saturated heterocycles. The molecule has 4 heteroatoms. The van der Waals surface area contributed by atoms with Crippen molar-refractivity contribution >= 4 is 23.2 Å². The molecule has 0 radical (unpaired) electrons. The van der Waals surface area contributed by atoms with Gasteiger partial charge in [0.15, 0.2) is 0 Å². The topological polar surface area (TPSA) is 58.2 Å². The van der Waals surface area contributed by atoms with Crippen LogP contribution in [0, 0.1) is 0 Å². The molecule has 0 heterocycles. The van der Waals surface area contributed by atoms with Crippen LogP contribution in [0.5, 0.6) is 0 Å². The van der Waals surface area contributed by atoms with Crippen LogP contribution in [0.25, 0.3) is 0 Å². The number of carbonyl (C=O) groups is 2. The summed E-state index contributed by atoms with van der Waals surface area (Å²) in [6.45, 7) is 2.26. The van der Waals surface area contributed by atoms with Gasteiger partial charge in [0.2, 0.25) is 11.8 Å². The molecule has 0 spiro atoms. The maximum Gasteiger partial charge on any atom is 0.224 e. The molecule has 2 aromatic rings. The zero-order chi connectivity index (χ0) is 23.6. The van der Waals surface area contributed by atoms with Gasteiger partial charge in [-0.15, -0.1) is 0 Å². The lowest BCUT2D eigenvalue weighted by Crippen LogP contribution is -2.13. The average molecular weight is 451 g/mol. The molecule has 0 aliphatic carbocycles. The molecule has 0 aromatic heterocycles. The van der Waals surface area contributed by atoms with E-state index in [4.69, 9.17) is 0 Å². The minimum Gasteiger partial charge on any atom is -0.326 e. The summed E-state index contributed by atoms with van der Waals surface area (Å²) in [5, 5.41) is 5.87. The molecular weight excluding hydrogens is 408 g/mol. The van der Waals surface area contributed by atoms with Crippen molar-refractivity contribution in [3.63, 3.8) is 0 Å². The number of benzene rings is 2. The van der Waals surface area contributed by atoms with E-state index in [0.29, 0.717) is 12.8 Å². The van der Waals surface area contributed by atoms with Crippen molar-refractivity contribution < 1.29 is 9.59 Å². The highest BCUT2D eigenvalue weighted by Gasteiger charge is 2.05. The second-order valence-corrected chi connectivity index (χ2v) is 8.94. The summed E-state index contributed by atoms with van der Waals surface area (Å²) < 4.78 is 0. The molecule has 180 valence electrons. The molecule has 0 aliphatic heterocycles. The van der Waals surface area contributed by atoms with Crippen LogP contribution in [0.1, 0.15) is 96.0 Å². The lowest BCUT2D eigenvalue weighted by molar-refractivity contribution is -0.117. The maximum atomic E-state index is 12.2. The summed E-state index contributed by atoms with van der Waals surface area (Å²) in [4.78, 5) is 24.3. The SMILES string of the molecule is CCCCCCCCCCCCCC(=O)Nc1ccc(NC(=O)CCc2ccccc2)cc1. The summed E-state index contributed by atoms with van der Waals surface area (Å²) >= 11 is 0. The Hall–Kier alpha value is -2.62. The zero-order valence-electron chi connectivity index (χ0n) is 20.4. The minimum atomic E-state index is -0.00729. The third kappa shape index (κ3) is 12.9. The molecule has 4 nitrogen and oxygen atoms in total. The van der Waals surface area contributed by atoms with Gasteiger partial charge in [-0.25, -0.2) is 0 Å². The van der Waals surface area contributed by atoms with Crippen LogP contribution in [0.4, 0.5) is 11.4 Å². The Balaban J connectivity index is 1.52. The number of hydrogen-bond acceptors (Lipinski definition) is 2. The molecule has 0 bridgehead atoms. The molecule has 2 N–H and O–H groups in total. The number of rotatable bonds is 17. The maximum absolute atomic E-state index is 12.2. The molecule has 2 rings (SSSR count). The van der Waals surface area contributed by atoms with Crippen molar-refractivity contribution in [2.75, 3.05) is 10.6 Å². The minimum absolute atomic E-state index is 0.00729. The predicted octanol–water partition coefficient (Wildman–Crippen LogP) is 7.90. The van der Waals surface area contributed by atoms with Gasteiger partial charge in [-0.2, -0.15) is 0 Å². The van der Waals surface area contributed by atoms with Gasteiger partial charge in [-0.1, -0.05) is 101 Å². The van der Waals surface area contributed by atoms with E-state index < -0.39 is 0 Å². The number of carbonyl (C=O) groups excluding carboxylic acids is 2. The van der Waals surface area contributed by atoms with E-state index in [1.54, 1.807) is 0 Å². The third-order valence-electron chi connectivity index (χ3n) is 5.94. The smallest absolute Gasteiger partial charge is 0.224 e. The summed E-state index contributed by atoms with van der Waals surface area (Å²) in [6, 6.07) is 17.3. The average Bonchev–Trinajstić information content (AvgIpc) is 2.83. The normalized spacial score (nSPS) is 10.7. The van der Waals surface area contributed by atoms with Crippen LogP contribution in [0.3, 0.4) is 0 Å². The third-order valence-corrected chi connectivity index (χ3v) is 5.94. The predicted molar refractivity (Wildman–Crippen MR) is 140 cm³/mol. The van der Waals surface area contributed by atoms with Crippen molar-refractivity contribution in [1.82, 2.24) is 0 Å². The molecule has 33 heavy (non-hydrogen) atoms. The van der Waals surface area contributed by atoms with Gasteiger partial charge in [0.25, 0.3) is 0 Å². The van der Waals surface area contributed by atoms with Gasteiger partial charge in [0.1, 0.15) is 0 Å². The Labute approximate surface area is 200 Å². The summed E-state index contributed by atoms with van der Waals surface area (Å²) in [5.74, 6) is 0.0534. The molecule has 2 amide bonds. The first kappa shape index (κ1) is 26.6. The van der Waals surface area contributed by atoms with Crippen LogP contribution >= 0.6 is 0 Å². The summed E-state index contributed by atoms with van der Waals surface area (Å²) in [6.07, 6.45) is 15.8. The number of amides is 2. The second kappa shape index (κ2) is 16.9. The summed E-state index contributed by atoms with van der Waals surface area (Å²) in [7, 11) is 0. The van der Waals surface area contributed by atoms with Crippen molar-refractivity contribution in [3.05, 3.63) is 60.2 Å². The fourth-order valence-electron chi connectivity index (χ4n) is 3.94. The van der Waals surface area contributed by atoms with Gasteiger partial charge in [0, 0.05) is 24.2 Å². The number of hydrogen-bond donors (Lipinski definition) is 2. The quantitative estimate of drug-likeness (QED) is 0.241. The van der Waals surface area contributed by atoms with Crippen LogP contribution < -0.4 is 10.6 Å². The Bertz CT molecular complexity index is 787. The monoisotopic (exact) mass is 450 g/mol. The van der Waals surface area contributed by atoms with E-state index in [9.17, 15) is 9.59 Å². The standard InChI is InChI=1S/C29H42N2O2/c1-2-3-4-5-6-7-8-9-10-11-15-18-28(32)30-26-20-22-27(23-21-26)31-29(33)24-19-25-16-13-12-14-17-25/h12-14,16-17,20-23H,2-11,15,18-19,24H2,1H3,(H,30,32)(H,31,33). The number of aryl methyl sites for hydroxylation is 1. The Morgan fingerprint density at radius 3 is 1.55 bits per heavy atom. The van der Waals surface area contributed by atoms with Crippen LogP contribution in [0.15, 0.2) is 54.6 Å². The Morgan fingerprint density at radius 1 is 0.576 bits per heavy atom. The van der Waals surface area contributed by atoms with Crippen LogP contribution in [-0.4, -0.2) is 11.8 Å². The Morgan fingerprint density at radius 2 is 1.03 bits per heavy atom. The van der Waals surface area contributed by atoms with Gasteiger partial charge >= 0.3 is 0 Å². The largest absolute Gasteiger partial charge is 0.326 e. The highest BCUT2D eigenvalue weighted by atomic mass is 16.2. The second-order valence-electron chi connectivity index (χ2n) is 8.94. The van der Waals surface area contributed by atoms with E-state index in [-0.39, 0.29) is 11.8 Å². The van der Waals surface area contributed by atoms with E-state index in [1.165, 1.54) is 57.8 Å². The first-order valence-electron chi connectivity index (χ1n) is 12.9. The molecule has 2 aromatic carbocycles. The van der Waals surface area contributed by atoms with Gasteiger partial charge in [0.05, 0.1) is 0 Å². The lowest BCUT2D eigenvalue weighted by Gasteiger charge is -2.08. The van der Waals surface area contributed by atoms with Crippen LogP contribution in [-0.2, 0) is 16.0 Å². The van der Waals surface area contributed by atoms with E-state index >= 15 is 0 Å². The molecule has 0 aliphatic rings. The fourth-order valence-corrected chi connectivity index (χ4v) is 3.94. The van der Waals surface area contributed by atoms with Crippen LogP contribution in [0.2, 0.25) is 0 Å². The first-order chi connectivity index (χ1) is 16.2. The van der Waals surface area contributed by atoms with Crippen molar-refractivity contribution in [2.45, 2.75) is 96.8 Å². The van der Waals surface area contributed by atoms with Gasteiger partial charge < -0.3 is 10.6 Å². The van der Waals surface area contributed by atoms with Gasteiger partial charge in [-0.3, -0.25) is 9.59 Å². The molecular formula is C29H42N2O2. The van der Waals surface area contributed by atoms with E-state index in [0.717, 1.165) is 36.2 Å². The zero-order valence-corrected chi connectivity index (χ0v) is 20.4. The fraction of sp³-hybridized carbons (Fsp3) is 0.517. The molecule has 0 saturated carbocycles. The summed E-state index contributed by atoms with van der Waals surface area (Å²) in [5.41, 5.74) is 2.67. The Kier molecular flexibility index (Phi) is 13.7. The highest BCUT2D eigenvalue weighted by Crippen LogP contribution is 2.16. The lowest BCUT2D eigenvalue weighted by atomic mass is 10.1. The van der Waals surface area contributed by atoms with Crippen molar-refractivity contribution in [2.24, 2.45) is 0 Å². The van der Waals surface area contributed by atoms with E-state index in [2.05, 4.69) is 17.6 Å². The first-order valence-corrected chi connectivity index (χ1v) is 12.9. The van der Waals surface area contributed by atoms with Gasteiger partial charge in [-0.05, 0) is 42.7 Å². The number of nitrogens with one attached hydrogen (secondary N) is 2. The van der Waals surface area contributed by atoms with Crippen molar-refractivity contribution in [1.29, 1.82) is 0 Å². The molecule has 0 atom stereocenters. The molecule has 0 unspecified atom stereocenters. The highest BCUT2D eigenvalue weighted by molar-refractivity contribution is 5.93. The molecule has 0 fully saturated rings. The van der Waals surface area contributed by atoms with Crippen molar-refractivity contribution in [3.8, 4) is 0 Å². The number of anilines is 2. The number of unbranched alkanes of at least 4 members (excludes halogenated alkanes) is 10. The van der Waals surface area contributed by atoms with E-state index in [1.807, 2.05) is 54.6 Å².